The van der Waals surface area contributed by atoms with E-state index in [0.717, 1.165) is 12.8 Å². The monoisotopic (exact) mass is 267 g/mol. The van der Waals surface area contributed by atoms with Crippen LogP contribution in [0.2, 0.25) is 0 Å². The van der Waals surface area contributed by atoms with E-state index >= 15 is 0 Å². The van der Waals surface area contributed by atoms with E-state index in [1.165, 1.54) is 18.2 Å². The van der Waals surface area contributed by atoms with Crippen molar-refractivity contribution in [3.05, 3.63) is 23.8 Å². The van der Waals surface area contributed by atoms with Crippen molar-refractivity contribution in [3.8, 4) is 11.5 Å². The molecule has 1 aromatic rings. The second-order valence-corrected chi connectivity index (χ2v) is 4.56. The third-order valence-corrected chi connectivity index (χ3v) is 3.29. The Labute approximate surface area is 112 Å². The maximum absolute atomic E-state index is 11.8. The van der Waals surface area contributed by atoms with Gasteiger partial charge in [-0.15, -0.1) is 0 Å². The zero-order valence-electron chi connectivity index (χ0n) is 11.3. The van der Waals surface area contributed by atoms with Gasteiger partial charge in [-0.2, -0.15) is 0 Å². The number of nitrogens with one attached hydrogen (secondary N) is 1. The van der Waals surface area contributed by atoms with Crippen LogP contribution in [-0.4, -0.2) is 33.9 Å². The molecule has 1 rings (SSSR count). The third kappa shape index (κ3) is 4.13. The molecule has 0 fully saturated rings. The summed E-state index contributed by atoms with van der Waals surface area (Å²) >= 11 is 0. The van der Waals surface area contributed by atoms with Gasteiger partial charge in [0.2, 0.25) is 0 Å². The third-order valence-electron chi connectivity index (χ3n) is 3.29. The fourth-order valence-corrected chi connectivity index (χ4v) is 2.00. The number of carbonyl (C=O) groups is 1. The lowest BCUT2D eigenvalue weighted by Crippen LogP contribution is -2.36. The first-order valence-electron chi connectivity index (χ1n) is 6.47. The van der Waals surface area contributed by atoms with Gasteiger partial charge >= 0.3 is 0 Å². The topological polar surface area (TPSA) is 89.8 Å². The maximum atomic E-state index is 11.8. The molecule has 0 aliphatic rings. The van der Waals surface area contributed by atoms with E-state index in [2.05, 4.69) is 5.32 Å². The zero-order valence-corrected chi connectivity index (χ0v) is 11.3. The predicted octanol–water partition coefficient (Wildman–Crippen LogP) is 1.62. The summed E-state index contributed by atoms with van der Waals surface area (Å²) in [6, 6.07) is 3.74. The fourth-order valence-electron chi connectivity index (χ4n) is 2.00. The summed E-state index contributed by atoms with van der Waals surface area (Å²) < 4.78 is 0. The van der Waals surface area contributed by atoms with E-state index in [4.69, 9.17) is 0 Å². The van der Waals surface area contributed by atoms with Gasteiger partial charge in [-0.3, -0.25) is 4.79 Å². The zero-order chi connectivity index (χ0) is 14.4. The van der Waals surface area contributed by atoms with Gasteiger partial charge in [0.25, 0.3) is 5.91 Å². The molecule has 19 heavy (non-hydrogen) atoms. The van der Waals surface area contributed by atoms with Crippen LogP contribution >= 0.6 is 0 Å². The molecule has 5 nitrogen and oxygen atoms in total. The second-order valence-electron chi connectivity index (χ2n) is 4.56. The smallest absolute Gasteiger partial charge is 0.255 e. The van der Waals surface area contributed by atoms with Gasteiger partial charge in [0.05, 0.1) is 11.7 Å². The Bertz CT molecular complexity index is 429. The van der Waals surface area contributed by atoms with Crippen LogP contribution in [0.1, 0.15) is 37.0 Å². The number of rotatable bonds is 6. The number of aromatic hydroxyl groups is 2. The van der Waals surface area contributed by atoms with E-state index in [1.54, 1.807) is 0 Å². The van der Waals surface area contributed by atoms with Crippen LogP contribution in [0.4, 0.5) is 0 Å². The Hall–Kier alpha value is -1.75. The SMILES string of the molecule is CCC(CC)C(O)CNC(=O)c1cc(O)ccc1O. The molecular formula is C14H21NO4. The molecule has 0 bridgehead atoms. The molecule has 0 saturated heterocycles. The molecule has 4 N–H and O–H groups in total. The Morgan fingerprint density at radius 1 is 1.26 bits per heavy atom. The minimum atomic E-state index is -0.613. The number of amides is 1. The lowest BCUT2D eigenvalue weighted by molar-refractivity contribution is 0.0814. The van der Waals surface area contributed by atoms with Crippen LogP contribution in [-0.2, 0) is 0 Å². The molecule has 1 amide bonds. The lowest BCUT2D eigenvalue weighted by Gasteiger charge is -2.20. The van der Waals surface area contributed by atoms with Crippen LogP contribution in [0.3, 0.4) is 0 Å². The molecule has 1 aromatic carbocycles. The van der Waals surface area contributed by atoms with Crippen molar-refractivity contribution in [2.45, 2.75) is 32.8 Å². The molecule has 0 heterocycles. The van der Waals surface area contributed by atoms with Crippen molar-refractivity contribution in [3.63, 3.8) is 0 Å². The summed E-state index contributed by atoms with van der Waals surface area (Å²) in [4.78, 5) is 11.8. The minimum Gasteiger partial charge on any atom is -0.508 e. The van der Waals surface area contributed by atoms with E-state index in [0.29, 0.717) is 0 Å². The highest BCUT2D eigenvalue weighted by atomic mass is 16.3. The summed E-state index contributed by atoms with van der Waals surface area (Å²) in [6.07, 6.45) is 1.06. The summed E-state index contributed by atoms with van der Waals surface area (Å²) in [5, 5.41) is 31.3. The van der Waals surface area contributed by atoms with E-state index in [1.807, 2.05) is 13.8 Å². The van der Waals surface area contributed by atoms with Crippen LogP contribution < -0.4 is 5.32 Å². The number of phenolic OH excluding ortho intramolecular Hbond substituents is 2. The van der Waals surface area contributed by atoms with Gasteiger partial charge in [0.1, 0.15) is 11.5 Å². The normalized spacial score (nSPS) is 12.4. The molecule has 0 aliphatic heterocycles. The average molecular weight is 267 g/mol. The highest BCUT2D eigenvalue weighted by Crippen LogP contribution is 2.22. The molecule has 1 unspecified atom stereocenters. The molecule has 0 aromatic heterocycles. The average Bonchev–Trinajstić information content (AvgIpc) is 2.40. The highest BCUT2D eigenvalue weighted by molar-refractivity contribution is 5.97. The van der Waals surface area contributed by atoms with Crippen molar-refractivity contribution in [2.75, 3.05) is 6.54 Å². The van der Waals surface area contributed by atoms with Crippen molar-refractivity contribution in [1.29, 1.82) is 0 Å². The number of hydrogen-bond acceptors (Lipinski definition) is 4. The van der Waals surface area contributed by atoms with Crippen molar-refractivity contribution >= 4 is 5.91 Å². The van der Waals surface area contributed by atoms with E-state index in [-0.39, 0.29) is 29.5 Å². The first-order chi connectivity index (χ1) is 8.99. The Morgan fingerprint density at radius 3 is 2.47 bits per heavy atom. The molecule has 1 atom stereocenters. The number of phenols is 2. The van der Waals surface area contributed by atoms with Gasteiger partial charge in [-0.05, 0) is 24.1 Å². The Morgan fingerprint density at radius 2 is 1.89 bits per heavy atom. The molecule has 0 spiro atoms. The minimum absolute atomic E-state index is 0.00301. The number of aliphatic hydroxyl groups is 1. The van der Waals surface area contributed by atoms with Crippen LogP contribution in [0, 0.1) is 5.92 Å². The fraction of sp³-hybridized carbons (Fsp3) is 0.500. The van der Waals surface area contributed by atoms with Crippen LogP contribution in [0.15, 0.2) is 18.2 Å². The van der Waals surface area contributed by atoms with Gasteiger partial charge in [-0.25, -0.2) is 0 Å². The van der Waals surface area contributed by atoms with E-state index < -0.39 is 12.0 Å². The molecule has 0 aliphatic carbocycles. The number of hydrogen-bond donors (Lipinski definition) is 4. The van der Waals surface area contributed by atoms with Gasteiger partial charge in [0.15, 0.2) is 0 Å². The number of carbonyl (C=O) groups excluding carboxylic acids is 1. The second kappa shape index (κ2) is 6.99. The molecule has 0 radical (unpaired) electrons. The first-order valence-corrected chi connectivity index (χ1v) is 6.47. The van der Waals surface area contributed by atoms with Gasteiger partial charge < -0.3 is 20.6 Å². The quantitative estimate of drug-likeness (QED) is 0.590. The predicted molar refractivity (Wildman–Crippen MR) is 72.2 cm³/mol. The summed E-state index contributed by atoms with van der Waals surface area (Å²) in [5.41, 5.74) is -0.00301. The lowest BCUT2D eigenvalue weighted by atomic mass is 9.96. The van der Waals surface area contributed by atoms with Crippen LogP contribution in [0.25, 0.3) is 0 Å². The van der Waals surface area contributed by atoms with Crippen molar-refractivity contribution in [2.24, 2.45) is 5.92 Å². The van der Waals surface area contributed by atoms with Crippen molar-refractivity contribution in [1.82, 2.24) is 5.32 Å². The summed E-state index contributed by atoms with van der Waals surface area (Å²) in [5.74, 6) is -0.674. The molecule has 0 saturated carbocycles. The Balaban J connectivity index is 2.63. The number of benzene rings is 1. The standard InChI is InChI=1S/C14H21NO4/c1-3-9(4-2)13(18)8-15-14(19)11-7-10(16)5-6-12(11)17/h5-7,9,13,16-18H,3-4,8H2,1-2H3,(H,15,19). The van der Waals surface area contributed by atoms with Crippen LogP contribution in [0.5, 0.6) is 11.5 Å². The Kier molecular flexibility index (Phi) is 5.63. The molecular weight excluding hydrogens is 246 g/mol. The summed E-state index contributed by atoms with van der Waals surface area (Å²) in [7, 11) is 0. The maximum Gasteiger partial charge on any atom is 0.255 e. The van der Waals surface area contributed by atoms with Crippen molar-refractivity contribution < 1.29 is 20.1 Å². The highest BCUT2D eigenvalue weighted by Gasteiger charge is 2.18. The summed E-state index contributed by atoms with van der Waals surface area (Å²) in [6.45, 7) is 4.10. The van der Waals surface area contributed by atoms with Gasteiger partial charge in [0, 0.05) is 6.54 Å². The van der Waals surface area contributed by atoms with E-state index in [9.17, 15) is 20.1 Å². The molecule has 5 heteroatoms. The van der Waals surface area contributed by atoms with Gasteiger partial charge in [-0.1, -0.05) is 26.7 Å². The first kappa shape index (κ1) is 15.3. The number of aliphatic hydroxyl groups excluding tert-OH is 1. The molecule has 106 valence electrons. The largest absolute Gasteiger partial charge is 0.508 e.